The molecule has 8 nitrogen and oxygen atoms in total. The van der Waals surface area contributed by atoms with Crippen molar-refractivity contribution in [1.29, 1.82) is 0 Å². The molecule has 1 aliphatic heterocycles. The summed E-state index contributed by atoms with van der Waals surface area (Å²) in [5, 5.41) is 8.00. The van der Waals surface area contributed by atoms with Crippen molar-refractivity contribution in [3.05, 3.63) is 47.0 Å². The van der Waals surface area contributed by atoms with E-state index in [1.54, 1.807) is 0 Å². The highest BCUT2D eigenvalue weighted by Crippen LogP contribution is 2.40. The van der Waals surface area contributed by atoms with Crippen molar-refractivity contribution in [3.8, 4) is 11.3 Å². The van der Waals surface area contributed by atoms with Crippen LogP contribution in [-0.4, -0.2) is 67.3 Å². The second-order valence-electron chi connectivity index (χ2n) is 9.12. The molecule has 0 aromatic carbocycles. The van der Waals surface area contributed by atoms with E-state index in [1.165, 1.54) is 16.8 Å². The lowest BCUT2D eigenvalue weighted by Gasteiger charge is -2.33. The third-order valence-electron chi connectivity index (χ3n) is 6.55. The molecule has 0 radical (unpaired) electrons. The molecular formula is C26H38N8. The number of hydrogen-bond donors (Lipinski definition) is 1. The zero-order valence-corrected chi connectivity index (χ0v) is 21.5. The molecule has 0 saturated carbocycles. The minimum absolute atomic E-state index is 0.382. The van der Waals surface area contributed by atoms with Gasteiger partial charge in [-0.1, -0.05) is 40.7 Å². The van der Waals surface area contributed by atoms with Gasteiger partial charge in [-0.25, -0.2) is 15.0 Å². The molecule has 8 heteroatoms. The molecule has 0 bridgehead atoms. The van der Waals surface area contributed by atoms with Crippen molar-refractivity contribution in [2.24, 2.45) is 7.05 Å². The molecule has 0 amide bonds. The number of nitrogens with zero attached hydrogens (tertiary/aromatic N) is 7. The minimum atomic E-state index is 0.382. The fraction of sp³-hybridized carbons (Fsp3) is 0.538. The normalized spacial score (nSPS) is 15.6. The van der Waals surface area contributed by atoms with Crippen LogP contribution in [-0.2, 0) is 20.0 Å². The molecule has 3 aromatic heterocycles. The Balaban J connectivity index is 0.00000133. The predicted molar refractivity (Wildman–Crippen MR) is 137 cm³/mol. The Morgan fingerprint density at radius 2 is 1.74 bits per heavy atom. The molecule has 1 saturated heterocycles. The molecule has 34 heavy (non-hydrogen) atoms. The number of hydrogen-bond acceptors (Lipinski definition) is 7. The van der Waals surface area contributed by atoms with Crippen molar-refractivity contribution < 1.29 is 0 Å². The van der Waals surface area contributed by atoms with Gasteiger partial charge in [0, 0.05) is 69.7 Å². The van der Waals surface area contributed by atoms with E-state index in [4.69, 9.17) is 10.1 Å². The number of aromatic nitrogens is 5. The molecule has 0 atom stereocenters. The van der Waals surface area contributed by atoms with Crippen molar-refractivity contribution in [2.75, 3.05) is 38.0 Å². The van der Waals surface area contributed by atoms with Gasteiger partial charge in [-0.15, -0.1) is 0 Å². The Morgan fingerprint density at radius 1 is 1.00 bits per heavy atom. The molecule has 1 fully saturated rings. The van der Waals surface area contributed by atoms with Gasteiger partial charge in [0.2, 0.25) is 5.95 Å². The SMILES string of the molecule is CC.CCN1CCN(Cc2ccc(Nc3ncc4c(n3)-c3c(nn(C)c3C(C)C)C4)nc2)CC1. The maximum absolute atomic E-state index is 4.85. The largest absolute Gasteiger partial charge is 0.309 e. The van der Waals surface area contributed by atoms with Gasteiger partial charge in [0.1, 0.15) is 5.82 Å². The smallest absolute Gasteiger partial charge is 0.228 e. The Hall–Kier alpha value is -2.84. The van der Waals surface area contributed by atoms with E-state index in [1.807, 2.05) is 44.0 Å². The second kappa shape index (κ2) is 10.6. The average Bonchev–Trinajstić information content (AvgIpc) is 3.36. The van der Waals surface area contributed by atoms with E-state index in [9.17, 15) is 0 Å². The van der Waals surface area contributed by atoms with Crippen LogP contribution < -0.4 is 5.32 Å². The van der Waals surface area contributed by atoms with Crippen LogP contribution in [0.1, 0.15) is 63.1 Å². The summed E-state index contributed by atoms with van der Waals surface area (Å²) in [5.41, 5.74) is 6.87. The predicted octanol–water partition coefficient (Wildman–Crippen LogP) is 4.21. The molecule has 0 unspecified atom stereocenters. The summed E-state index contributed by atoms with van der Waals surface area (Å²) in [5.74, 6) is 1.72. The first-order valence-electron chi connectivity index (χ1n) is 12.6. The van der Waals surface area contributed by atoms with E-state index in [0.29, 0.717) is 11.9 Å². The molecule has 1 N–H and O–H groups in total. The van der Waals surface area contributed by atoms with Crippen LogP contribution in [0.2, 0.25) is 0 Å². The van der Waals surface area contributed by atoms with E-state index >= 15 is 0 Å². The minimum Gasteiger partial charge on any atom is -0.309 e. The standard InChI is InChI=1S/C24H32N8.C2H6/c1-5-31-8-10-32(11-9-31)15-17-6-7-20(25-13-17)27-24-26-14-18-12-19-21(22(18)28-24)23(16(2)3)30(4)29-19;1-2/h6-7,13-14,16H,5,8-12,15H2,1-4H3,(H,25,26,27,28);1-2H3. The summed E-state index contributed by atoms with van der Waals surface area (Å²) in [7, 11) is 2.02. The van der Waals surface area contributed by atoms with Crippen molar-refractivity contribution in [2.45, 2.75) is 53.5 Å². The van der Waals surface area contributed by atoms with Crippen LogP contribution in [0.15, 0.2) is 24.5 Å². The number of aryl methyl sites for hydroxylation is 1. The van der Waals surface area contributed by atoms with E-state index in [0.717, 1.165) is 68.5 Å². The molecule has 1 aliphatic carbocycles. The zero-order chi connectivity index (χ0) is 24.2. The Morgan fingerprint density at radius 3 is 2.38 bits per heavy atom. The number of likely N-dealkylation sites (N-methyl/N-ethyl adjacent to an activating group) is 1. The lowest BCUT2D eigenvalue weighted by Crippen LogP contribution is -2.45. The van der Waals surface area contributed by atoms with E-state index < -0.39 is 0 Å². The number of nitrogens with one attached hydrogen (secondary N) is 1. The lowest BCUT2D eigenvalue weighted by molar-refractivity contribution is 0.132. The van der Waals surface area contributed by atoms with E-state index in [2.05, 4.69) is 51.9 Å². The number of pyridine rings is 1. The van der Waals surface area contributed by atoms with Gasteiger partial charge in [0.25, 0.3) is 0 Å². The number of fused-ring (bicyclic) bond motifs is 3. The third kappa shape index (κ3) is 4.98. The summed E-state index contributed by atoms with van der Waals surface area (Å²) in [6.07, 6.45) is 4.67. The van der Waals surface area contributed by atoms with Crippen LogP contribution in [0, 0.1) is 0 Å². The Kier molecular flexibility index (Phi) is 7.58. The highest BCUT2D eigenvalue weighted by molar-refractivity contribution is 5.75. The van der Waals surface area contributed by atoms with Gasteiger partial charge >= 0.3 is 0 Å². The topological polar surface area (TPSA) is 75.0 Å². The quantitative estimate of drug-likeness (QED) is 0.460. The van der Waals surface area contributed by atoms with Gasteiger partial charge < -0.3 is 10.2 Å². The van der Waals surface area contributed by atoms with Gasteiger partial charge in [-0.2, -0.15) is 5.10 Å². The first kappa shape index (κ1) is 24.3. The van der Waals surface area contributed by atoms with Gasteiger partial charge in [-0.3, -0.25) is 9.58 Å². The first-order valence-corrected chi connectivity index (χ1v) is 12.6. The third-order valence-corrected chi connectivity index (χ3v) is 6.55. The Labute approximate surface area is 203 Å². The maximum atomic E-state index is 4.85. The van der Waals surface area contributed by atoms with Crippen LogP contribution in [0.5, 0.6) is 0 Å². The van der Waals surface area contributed by atoms with Gasteiger partial charge in [0.05, 0.1) is 17.1 Å². The molecule has 182 valence electrons. The summed E-state index contributed by atoms with van der Waals surface area (Å²) in [4.78, 5) is 19.0. The maximum Gasteiger partial charge on any atom is 0.228 e. The van der Waals surface area contributed by atoms with Crippen molar-refractivity contribution in [1.82, 2.24) is 34.5 Å². The van der Waals surface area contributed by atoms with Crippen LogP contribution in [0.4, 0.5) is 11.8 Å². The van der Waals surface area contributed by atoms with Crippen molar-refractivity contribution in [3.63, 3.8) is 0 Å². The van der Waals surface area contributed by atoms with Gasteiger partial charge in [-0.05, 0) is 24.1 Å². The zero-order valence-electron chi connectivity index (χ0n) is 21.5. The fourth-order valence-corrected chi connectivity index (χ4v) is 4.86. The molecule has 5 rings (SSSR count). The summed E-state index contributed by atoms with van der Waals surface area (Å²) >= 11 is 0. The molecule has 4 heterocycles. The first-order chi connectivity index (χ1) is 16.5. The van der Waals surface area contributed by atoms with Crippen molar-refractivity contribution >= 4 is 11.8 Å². The second-order valence-corrected chi connectivity index (χ2v) is 9.12. The van der Waals surface area contributed by atoms with Crippen LogP contribution >= 0.6 is 0 Å². The van der Waals surface area contributed by atoms with E-state index in [-0.39, 0.29) is 0 Å². The monoisotopic (exact) mass is 462 g/mol. The highest BCUT2D eigenvalue weighted by Gasteiger charge is 2.29. The molecule has 0 spiro atoms. The van der Waals surface area contributed by atoms with Crippen LogP contribution in [0.25, 0.3) is 11.3 Å². The average molecular weight is 463 g/mol. The van der Waals surface area contributed by atoms with Gasteiger partial charge in [0.15, 0.2) is 0 Å². The highest BCUT2D eigenvalue weighted by atomic mass is 15.3. The Bertz CT molecular complexity index is 1090. The fourth-order valence-electron chi connectivity index (χ4n) is 4.86. The number of anilines is 2. The summed E-state index contributed by atoms with van der Waals surface area (Å²) in [6.45, 7) is 17.2. The summed E-state index contributed by atoms with van der Waals surface area (Å²) in [6, 6.07) is 4.16. The molecule has 3 aromatic rings. The lowest BCUT2D eigenvalue weighted by atomic mass is 10.0. The molecule has 2 aliphatic rings. The molecular weight excluding hydrogens is 424 g/mol. The number of rotatable bonds is 6. The summed E-state index contributed by atoms with van der Waals surface area (Å²) < 4.78 is 2.00. The number of piperazine rings is 1. The van der Waals surface area contributed by atoms with Crippen LogP contribution in [0.3, 0.4) is 0 Å².